The molecular formula is C13H13N3O4. The second-order valence-electron chi connectivity index (χ2n) is 4.78. The van der Waals surface area contributed by atoms with Gasteiger partial charge in [-0.2, -0.15) is 5.26 Å². The van der Waals surface area contributed by atoms with Crippen molar-refractivity contribution in [1.29, 1.82) is 5.26 Å². The van der Waals surface area contributed by atoms with E-state index in [4.69, 9.17) is 10.4 Å². The summed E-state index contributed by atoms with van der Waals surface area (Å²) in [7, 11) is 0. The highest BCUT2D eigenvalue weighted by Crippen LogP contribution is 2.36. The zero-order valence-electron chi connectivity index (χ0n) is 10.6. The van der Waals surface area contributed by atoms with Gasteiger partial charge in [0.2, 0.25) is 0 Å². The van der Waals surface area contributed by atoms with E-state index in [0.717, 1.165) is 12.8 Å². The molecule has 0 bridgehead atoms. The molecule has 2 N–H and O–H groups in total. The van der Waals surface area contributed by atoms with E-state index in [1.807, 2.05) is 6.07 Å². The fraction of sp³-hybridized carbons (Fsp3) is 0.385. The molecule has 0 spiro atoms. The number of carboxylic acids is 1. The highest BCUT2D eigenvalue weighted by atomic mass is 16.6. The number of nitriles is 1. The number of nitrogens with one attached hydrogen (secondary N) is 1. The Kier molecular flexibility index (Phi) is 3.84. The summed E-state index contributed by atoms with van der Waals surface area (Å²) in [5.41, 5.74) is 0.430. The standard InChI is InChI=1S/C13H13N3O4/c14-7-9-5-10(16(19)20)3-4-11(9)15-12(6-13(17)18)8-1-2-8/h3-5,8,12,15H,1-2,6H2,(H,17,18). The fourth-order valence-electron chi connectivity index (χ4n) is 2.09. The Balaban J connectivity index is 2.21. The molecule has 1 aliphatic rings. The number of nitrogens with zero attached hydrogens (tertiary/aromatic N) is 2. The third-order valence-corrected chi connectivity index (χ3v) is 3.26. The van der Waals surface area contributed by atoms with Crippen molar-refractivity contribution in [2.24, 2.45) is 5.92 Å². The van der Waals surface area contributed by atoms with Crippen LogP contribution < -0.4 is 5.32 Å². The van der Waals surface area contributed by atoms with E-state index in [9.17, 15) is 14.9 Å². The van der Waals surface area contributed by atoms with E-state index in [1.54, 1.807) is 0 Å². The van der Waals surface area contributed by atoms with Crippen LogP contribution in [-0.4, -0.2) is 22.0 Å². The largest absolute Gasteiger partial charge is 0.481 e. The zero-order chi connectivity index (χ0) is 14.7. The van der Waals surface area contributed by atoms with E-state index in [2.05, 4.69) is 5.32 Å². The molecule has 1 atom stereocenters. The molecule has 0 heterocycles. The van der Waals surface area contributed by atoms with Gasteiger partial charge in [0, 0.05) is 18.2 Å². The highest BCUT2D eigenvalue weighted by molar-refractivity contribution is 5.69. The number of carboxylic acid groups (broad SMARTS) is 1. The van der Waals surface area contributed by atoms with Crippen molar-refractivity contribution >= 4 is 17.3 Å². The lowest BCUT2D eigenvalue weighted by Crippen LogP contribution is -2.25. The Morgan fingerprint density at radius 3 is 2.80 bits per heavy atom. The number of hydrogen-bond acceptors (Lipinski definition) is 5. The summed E-state index contributed by atoms with van der Waals surface area (Å²) < 4.78 is 0. The maximum Gasteiger partial charge on any atom is 0.305 e. The molecule has 104 valence electrons. The Labute approximate surface area is 115 Å². The third kappa shape index (κ3) is 3.23. The summed E-state index contributed by atoms with van der Waals surface area (Å²) in [6.07, 6.45) is 1.88. The predicted molar refractivity (Wildman–Crippen MR) is 70.2 cm³/mol. The molecule has 0 amide bonds. The molecule has 1 aromatic carbocycles. The van der Waals surface area contributed by atoms with Gasteiger partial charge >= 0.3 is 5.97 Å². The lowest BCUT2D eigenvalue weighted by atomic mass is 10.1. The average Bonchev–Trinajstić information content (AvgIpc) is 3.21. The van der Waals surface area contributed by atoms with E-state index in [0.29, 0.717) is 5.69 Å². The van der Waals surface area contributed by atoms with Crippen molar-refractivity contribution in [3.05, 3.63) is 33.9 Å². The van der Waals surface area contributed by atoms with Gasteiger partial charge in [0.25, 0.3) is 5.69 Å². The summed E-state index contributed by atoms with van der Waals surface area (Å²) >= 11 is 0. The Bertz CT molecular complexity index is 590. The van der Waals surface area contributed by atoms with Gasteiger partial charge < -0.3 is 10.4 Å². The molecule has 20 heavy (non-hydrogen) atoms. The number of nitro groups is 1. The smallest absolute Gasteiger partial charge is 0.305 e. The van der Waals surface area contributed by atoms with E-state index in [-0.39, 0.29) is 29.6 Å². The number of non-ortho nitro benzene ring substituents is 1. The van der Waals surface area contributed by atoms with Crippen molar-refractivity contribution in [2.75, 3.05) is 5.32 Å². The van der Waals surface area contributed by atoms with Gasteiger partial charge in [-0.15, -0.1) is 0 Å². The van der Waals surface area contributed by atoms with Crippen molar-refractivity contribution in [3.63, 3.8) is 0 Å². The molecule has 0 radical (unpaired) electrons. The molecule has 1 saturated carbocycles. The minimum absolute atomic E-state index is 0.0352. The zero-order valence-corrected chi connectivity index (χ0v) is 10.6. The van der Waals surface area contributed by atoms with Gasteiger partial charge in [0.05, 0.1) is 22.6 Å². The Morgan fingerprint density at radius 2 is 2.30 bits per heavy atom. The maximum absolute atomic E-state index is 10.8. The molecule has 1 fully saturated rings. The molecule has 2 rings (SSSR count). The molecule has 0 saturated heterocycles. The van der Waals surface area contributed by atoms with Crippen LogP contribution in [0.2, 0.25) is 0 Å². The summed E-state index contributed by atoms with van der Waals surface area (Å²) in [6.45, 7) is 0. The third-order valence-electron chi connectivity index (χ3n) is 3.26. The summed E-state index contributed by atoms with van der Waals surface area (Å²) in [4.78, 5) is 20.9. The first-order valence-corrected chi connectivity index (χ1v) is 6.18. The van der Waals surface area contributed by atoms with Crippen molar-refractivity contribution in [1.82, 2.24) is 0 Å². The van der Waals surface area contributed by atoms with Crippen molar-refractivity contribution in [3.8, 4) is 6.07 Å². The molecule has 7 nitrogen and oxygen atoms in total. The van der Waals surface area contributed by atoms with Crippen LogP contribution in [0.25, 0.3) is 0 Å². The van der Waals surface area contributed by atoms with E-state index < -0.39 is 10.9 Å². The predicted octanol–water partition coefficient (Wildman–Crippen LogP) is 2.13. The number of hydrogen-bond donors (Lipinski definition) is 2. The normalized spacial score (nSPS) is 15.2. The van der Waals surface area contributed by atoms with Crippen LogP contribution in [0.1, 0.15) is 24.8 Å². The van der Waals surface area contributed by atoms with Crippen LogP contribution in [-0.2, 0) is 4.79 Å². The lowest BCUT2D eigenvalue weighted by molar-refractivity contribution is -0.384. The summed E-state index contributed by atoms with van der Waals surface area (Å²) in [6, 6.07) is 5.58. The molecular weight excluding hydrogens is 262 g/mol. The van der Waals surface area contributed by atoms with E-state index in [1.165, 1.54) is 18.2 Å². The first-order chi connectivity index (χ1) is 9.51. The Hall–Kier alpha value is -2.62. The molecule has 1 aliphatic carbocycles. The number of rotatable bonds is 6. The van der Waals surface area contributed by atoms with E-state index >= 15 is 0 Å². The minimum atomic E-state index is -0.908. The summed E-state index contributed by atoms with van der Waals surface area (Å²) in [5.74, 6) is -0.623. The van der Waals surface area contributed by atoms with Crippen LogP contribution in [0.4, 0.5) is 11.4 Å². The maximum atomic E-state index is 10.8. The van der Waals surface area contributed by atoms with Crippen molar-refractivity contribution in [2.45, 2.75) is 25.3 Å². The number of nitro benzene ring substituents is 1. The first-order valence-electron chi connectivity index (χ1n) is 6.18. The van der Waals surface area contributed by atoms with Gasteiger partial charge in [-0.05, 0) is 24.8 Å². The average molecular weight is 275 g/mol. The highest BCUT2D eigenvalue weighted by Gasteiger charge is 2.33. The minimum Gasteiger partial charge on any atom is -0.481 e. The molecule has 7 heteroatoms. The summed E-state index contributed by atoms with van der Waals surface area (Å²) in [5, 5.41) is 31.6. The van der Waals surface area contributed by atoms with Gasteiger partial charge in [-0.1, -0.05) is 0 Å². The Morgan fingerprint density at radius 1 is 1.60 bits per heavy atom. The SMILES string of the molecule is N#Cc1cc([N+](=O)[O-])ccc1NC(CC(=O)O)C1CC1. The first kappa shape index (κ1) is 13.8. The van der Waals surface area contributed by atoms with Crippen LogP contribution in [0, 0.1) is 27.4 Å². The van der Waals surface area contributed by atoms with Gasteiger partial charge in [-0.25, -0.2) is 0 Å². The molecule has 1 aromatic rings. The number of benzene rings is 1. The fourth-order valence-corrected chi connectivity index (χ4v) is 2.09. The van der Waals surface area contributed by atoms with Crippen LogP contribution in [0.5, 0.6) is 0 Å². The van der Waals surface area contributed by atoms with Gasteiger partial charge in [0.15, 0.2) is 0 Å². The van der Waals surface area contributed by atoms with Gasteiger partial charge in [0.1, 0.15) is 6.07 Å². The van der Waals surface area contributed by atoms with Crippen LogP contribution in [0.3, 0.4) is 0 Å². The number of aliphatic carboxylic acids is 1. The monoisotopic (exact) mass is 275 g/mol. The molecule has 0 aromatic heterocycles. The van der Waals surface area contributed by atoms with Crippen LogP contribution in [0.15, 0.2) is 18.2 Å². The van der Waals surface area contributed by atoms with Crippen LogP contribution >= 0.6 is 0 Å². The number of carbonyl (C=O) groups is 1. The quantitative estimate of drug-likeness (QED) is 0.606. The molecule has 1 unspecified atom stereocenters. The lowest BCUT2D eigenvalue weighted by Gasteiger charge is -2.18. The molecule has 0 aliphatic heterocycles. The number of anilines is 1. The topological polar surface area (TPSA) is 116 Å². The van der Waals surface area contributed by atoms with Crippen molar-refractivity contribution < 1.29 is 14.8 Å². The second-order valence-corrected chi connectivity index (χ2v) is 4.78. The second kappa shape index (κ2) is 5.57. The van der Waals surface area contributed by atoms with Gasteiger partial charge in [-0.3, -0.25) is 14.9 Å².